The molecule has 1 aromatic carbocycles. The molecule has 0 fully saturated rings. The van der Waals surface area contributed by atoms with E-state index in [4.69, 9.17) is 17.3 Å². The quantitative estimate of drug-likeness (QED) is 0.948. The summed E-state index contributed by atoms with van der Waals surface area (Å²) in [5.74, 6) is 0.199. The van der Waals surface area contributed by atoms with Crippen LogP contribution in [0, 0.1) is 0 Å². The number of fused-ring (bicyclic) bond motifs is 1. The van der Waals surface area contributed by atoms with Crippen molar-refractivity contribution in [2.45, 2.75) is 12.3 Å². The van der Waals surface area contributed by atoms with Crippen molar-refractivity contribution in [3.63, 3.8) is 0 Å². The third-order valence-electron chi connectivity index (χ3n) is 3.83. The van der Waals surface area contributed by atoms with E-state index in [1.54, 1.807) is 17.2 Å². The van der Waals surface area contributed by atoms with Gasteiger partial charge in [-0.1, -0.05) is 29.8 Å². The van der Waals surface area contributed by atoms with Gasteiger partial charge in [-0.05, 0) is 30.7 Å². The lowest BCUT2D eigenvalue weighted by Gasteiger charge is -2.18. The number of pyridine rings is 1. The summed E-state index contributed by atoms with van der Waals surface area (Å²) in [5, 5.41) is 0.377. The van der Waals surface area contributed by atoms with Gasteiger partial charge in [0.25, 0.3) is 5.91 Å². The van der Waals surface area contributed by atoms with E-state index in [0.717, 1.165) is 12.1 Å². The number of anilines is 1. The lowest BCUT2D eigenvalue weighted by molar-refractivity contribution is 0.0988. The van der Waals surface area contributed by atoms with Gasteiger partial charge in [-0.2, -0.15) is 0 Å². The standard InChI is InChI=1S/C16H16ClN3O/c17-14-9-19-8-6-13(14)16(21)20-10-11(5-7-18)12-3-1-2-4-15(12)20/h1-4,6,8-9,11H,5,7,10,18H2. The van der Waals surface area contributed by atoms with Gasteiger partial charge in [0.1, 0.15) is 0 Å². The van der Waals surface area contributed by atoms with E-state index in [1.807, 2.05) is 18.2 Å². The van der Waals surface area contributed by atoms with Gasteiger partial charge in [0, 0.05) is 30.5 Å². The molecule has 0 saturated heterocycles. The van der Waals surface area contributed by atoms with Gasteiger partial charge in [-0.25, -0.2) is 0 Å². The van der Waals surface area contributed by atoms with Gasteiger partial charge in [0.2, 0.25) is 0 Å². The van der Waals surface area contributed by atoms with Crippen LogP contribution in [0.15, 0.2) is 42.7 Å². The third-order valence-corrected chi connectivity index (χ3v) is 4.13. The fourth-order valence-corrected chi connectivity index (χ4v) is 3.03. The molecule has 4 nitrogen and oxygen atoms in total. The fourth-order valence-electron chi connectivity index (χ4n) is 2.83. The summed E-state index contributed by atoms with van der Waals surface area (Å²) in [6.07, 6.45) is 3.94. The first-order valence-electron chi connectivity index (χ1n) is 6.92. The zero-order valence-electron chi connectivity index (χ0n) is 11.5. The maximum Gasteiger partial charge on any atom is 0.259 e. The van der Waals surface area contributed by atoms with Gasteiger partial charge in [-0.3, -0.25) is 9.78 Å². The molecule has 1 aliphatic rings. The average Bonchev–Trinajstić information content (AvgIpc) is 2.87. The molecule has 0 spiro atoms. The molecule has 1 unspecified atom stereocenters. The molecular formula is C16H16ClN3O. The highest BCUT2D eigenvalue weighted by Crippen LogP contribution is 2.38. The van der Waals surface area contributed by atoms with Crippen molar-refractivity contribution < 1.29 is 4.79 Å². The molecule has 0 aliphatic carbocycles. The minimum absolute atomic E-state index is 0.0885. The second-order valence-corrected chi connectivity index (χ2v) is 5.51. The number of hydrogen-bond donors (Lipinski definition) is 1. The normalized spacial score (nSPS) is 16.9. The highest BCUT2D eigenvalue weighted by Gasteiger charge is 2.32. The summed E-state index contributed by atoms with van der Waals surface area (Å²) in [6.45, 7) is 1.26. The molecule has 1 amide bonds. The first kappa shape index (κ1) is 14.0. The van der Waals surface area contributed by atoms with Crippen LogP contribution < -0.4 is 10.6 Å². The Morgan fingerprint density at radius 2 is 2.19 bits per heavy atom. The van der Waals surface area contributed by atoms with Gasteiger partial charge in [-0.15, -0.1) is 0 Å². The van der Waals surface area contributed by atoms with E-state index in [9.17, 15) is 4.79 Å². The van der Waals surface area contributed by atoms with Gasteiger partial charge in [0.05, 0.1) is 10.6 Å². The van der Waals surface area contributed by atoms with Crippen molar-refractivity contribution in [1.82, 2.24) is 4.98 Å². The molecule has 1 aromatic heterocycles. The first-order valence-corrected chi connectivity index (χ1v) is 7.30. The first-order chi connectivity index (χ1) is 10.2. The molecule has 1 aliphatic heterocycles. The molecule has 3 rings (SSSR count). The summed E-state index contributed by atoms with van der Waals surface area (Å²) in [6, 6.07) is 9.63. The zero-order valence-corrected chi connectivity index (χ0v) is 12.3. The number of para-hydroxylation sites is 1. The van der Waals surface area contributed by atoms with Crippen LogP contribution in [-0.4, -0.2) is 24.0 Å². The third kappa shape index (κ3) is 2.52. The Balaban J connectivity index is 1.97. The van der Waals surface area contributed by atoms with Crippen molar-refractivity contribution in [1.29, 1.82) is 0 Å². The molecule has 2 heterocycles. The molecule has 0 saturated carbocycles. The largest absolute Gasteiger partial charge is 0.330 e. The highest BCUT2D eigenvalue weighted by atomic mass is 35.5. The lowest BCUT2D eigenvalue weighted by Crippen LogP contribution is -2.30. The number of amides is 1. The Morgan fingerprint density at radius 3 is 2.95 bits per heavy atom. The van der Waals surface area contributed by atoms with Crippen molar-refractivity contribution >= 4 is 23.2 Å². The van der Waals surface area contributed by atoms with Crippen LogP contribution >= 0.6 is 11.6 Å². The predicted molar refractivity (Wildman–Crippen MR) is 83.8 cm³/mol. The smallest absolute Gasteiger partial charge is 0.259 e. The van der Waals surface area contributed by atoms with Crippen molar-refractivity contribution in [3.8, 4) is 0 Å². The number of rotatable bonds is 3. The zero-order chi connectivity index (χ0) is 14.8. The second kappa shape index (κ2) is 5.84. The molecular weight excluding hydrogens is 286 g/mol. The average molecular weight is 302 g/mol. The van der Waals surface area contributed by atoms with Crippen molar-refractivity contribution in [2.24, 2.45) is 5.73 Å². The minimum atomic E-state index is -0.0885. The SMILES string of the molecule is NCCC1CN(C(=O)c2ccncc2Cl)c2ccccc21. The molecule has 0 bridgehead atoms. The van der Waals surface area contributed by atoms with Gasteiger partial charge >= 0.3 is 0 Å². The van der Waals surface area contributed by atoms with E-state index in [2.05, 4.69) is 11.1 Å². The molecule has 2 aromatic rings. The molecule has 1 atom stereocenters. The lowest BCUT2D eigenvalue weighted by atomic mass is 9.98. The molecule has 5 heteroatoms. The van der Waals surface area contributed by atoms with Gasteiger partial charge in [0.15, 0.2) is 0 Å². The van der Waals surface area contributed by atoms with Crippen LogP contribution in [0.1, 0.15) is 28.3 Å². The van der Waals surface area contributed by atoms with Gasteiger partial charge < -0.3 is 10.6 Å². The summed E-state index contributed by atoms with van der Waals surface area (Å²) < 4.78 is 0. The van der Waals surface area contributed by atoms with Crippen LogP contribution in [0.5, 0.6) is 0 Å². The Kier molecular flexibility index (Phi) is 3.90. The summed E-state index contributed by atoms with van der Waals surface area (Å²) in [7, 11) is 0. The predicted octanol–water partition coefficient (Wildman–Crippen LogP) is 2.83. The Bertz CT molecular complexity index is 674. The number of hydrogen-bond acceptors (Lipinski definition) is 3. The van der Waals surface area contributed by atoms with Crippen LogP contribution in [-0.2, 0) is 0 Å². The fraction of sp³-hybridized carbons (Fsp3) is 0.250. The van der Waals surface area contributed by atoms with E-state index < -0.39 is 0 Å². The summed E-state index contributed by atoms with van der Waals surface area (Å²) in [5.41, 5.74) is 8.31. The number of halogens is 1. The maximum absolute atomic E-state index is 12.8. The number of carbonyl (C=O) groups is 1. The van der Waals surface area contributed by atoms with Crippen LogP contribution in [0.3, 0.4) is 0 Å². The van der Waals surface area contributed by atoms with Crippen LogP contribution in [0.2, 0.25) is 5.02 Å². The summed E-state index contributed by atoms with van der Waals surface area (Å²) >= 11 is 6.09. The molecule has 0 radical (unpaired) electrons. The maximum atomic E-state index is 12.8. The molecule has 21 heavy (non-hydrogen) atoms. The minimum Gasteiger partial charge on any atom is -0.330 e. The highest BCUT2D eigenvalue weighted by molar-refractivity contribution is 6.34. The number of nitrogens with zero attached hydrogens (tertiary/aromatic N) is 2. The second-order valence-electron chi connectivity index (χ2n) is 5.10. The topological polar surface area (TPSA) is 59.2 Å². The Hall–Kier alpha value is -1.91. The number of nitrogens with two attached hydrogens (primary N) is 1. The monoisotopic (exact) mass is 301 g/mol. The Labute approximate surface area is 128 Å². The Morgan fingerprint density at radius 1 is 1.38 bits per heavy atom. The van der Waals surface area contributed by atoms with E-state index in [1.165, 1.54) is 11.8 Å². The number of aromatic nitrogens is 1. The van der Waals surface area contributed by atoms with E-state index >= 15 is 0 Å². The molecule has 2 N–H and O–H groups in total. The van der Waals surface area contributed by atoms with Crippen molar-refractivity contribution in [2.75, 3.05) is 18.0 Å². The van der Waals surface area contributed by atoms with E-state index in [0.29, 0.717) is 23.7 Å². The van der Waals surface area contributed by atoms with Crippen LogP contribution in [0.4, 0.5) is 5.69 Å². The molecule has 108 valence electrons. The van der Waals surface area contributed by atoms with Crippen molar-refractivity contribution in [3.05, 3.63) is 58.9 Å². The van der Waals surface area contributed by atoms with Crippen LogP contribution in [0.25, 0.3) is 0 Å². The summed E-state index contributed by atoms with van der Waals surface area (Å²) in [4.78, 5) is 18.5. The number of carbonyl (C=O) groups excluding carboxylic acids is 1. The number of benzene rings is 1. The van der Waals surface area contributed by atoms with E-state index in [-0.39, 0.29) is 11.8 Å².